The van der Waals surface area contributed by atoms with Gasteiger partial charge < -0.3 is 13.6 Å². The van der Waals surface area contributed by atoms with Gasteiger partial charge in [-0.1, -0.05) is 30.0 Å². The molecule has 3 rings (SSSR count). The minimum Gasteiger partial charge on any atom is -0.468 e. The van der Waals surface area contributed by atoms with E-state index in [1.165, 1.54) is 18.0 Å². The van der Waals surface area contributed by atoms with Gasteiger partial charge in [-0.15, -0.1) is 10.2 Å². The molecule has 0 radical (unpaired) electrons. The highest BCUT2D eigenvalue weighted by Gasteiger charge is 2.17. The zero-order chi connectivity index (χ0) is 16.1. The second kappa shape index (κ2) is 7.15. The molecule has 23 heavy (non-hydrogen) atoms. The van der Waals surface area contributed by atoms with Crippen LogP contribution in [0.2, 0.25) is 0 Å². The number of carbonyl (C=O) groups is 1. The molecule has 7 heteroatoms. The highest BCUT2D eigenvalue weighted by Crippen LogP contribution is 2.27. The van der Waals surface area contributed by atoms with Crippen LogP contribution in [0.1, 0.15) is 23.0 Å². The first-order valence-electron chi connectivity index (χ1n) is 7.03. The number of nitrogens with zero attached hydrogens (tertiary/aromatic N) is 2. The van der Waals surface area contributed by atoms with E-state index in [4.69, 9.17) is 13.6 Å². The Morgan fingerprint density at radius 1 is 1.22 bits per heavy atom. The number of ether oxygens (including phenoxy) is 1. The fourth-order valence-corrected chi connectivity index (χ4v) is 2.65. The third kappa shape index (κ3) is 3.62. The molecule has 3 aromatic rings. The van der Waals surface area contributed by atoms with Crippen LogP contribution in [-0.2, 0) is 10.5 Å². The van der Waals surface area contributed by atoms with Gasteiger partial charge in [0.15, 0.2) is 0 Å². The molecule has 0 aliphatic heterocycles. The summed E-state index contributed by atoms with van der Waals surface area (Å²) in [6, 6.07) is 11.1. The smallest absolute Gasteiger partial charge is 0.341 e. The molecule has 0 atom stereocenters. The number of aromatic nitrogens is 2. The van der Waals surface area contributed by atoms with Gasteiger partial charge in [0, 0.05) is 5.56 Å². The molecule has 0 spiro atoms. The van der Waals surface area contributed by atoms with Crippen molar-refractivity contribution in [2.45, 2.75) is 17.9 Å². The van der Waals surface area contributed by atoms with E-state index in [1.54, 1.807) is 13.0 Å². The monoisotopic (exact) mass is 330 g/mol. The third-order valence-electron chi connectivity index (χ3n) is 2.99. The number of hydrogen-bond acceptors (Lipinski definition) is 7. The molecule has 2 aromatic heterocycles. The number of furan rings is 1. The Labute approximate surface area is 136 Å². The van der Waals surface area contributed by atoms with Crippen molar-refractivity contribution in [2.75, 3.05) is 6.61 Å². The lowest BCUT2D eigenvalue weighted by molar-refractivity contribution is 0.0524. The summed E-state index contributed by atoms with van der Waals surface area (Å²) in [4.78, 5) is 11.8. The van der Waals surface area contributed by atoms with Crippen molar-refractivity contribution < 1.29 is 18.4 Å². The second-order valence-electron chi connectivity index (χ2n) is 4.51. The van der Waals surface area contributed by atoms with Crippen LogP contribution in [0.4, 0.5) is 0 Å². The zero-order valence-corrected chi connectivity index (χ0v) is 13.2. The van der Waals surface area contributed by atoms with E-state index < -0.39 is 5.97 Å². The maximum atomic E-state index is 11.8. The van der Waals surface area contributed by atoms with E-state index in [1.807, 2.05) is 30.3 Å². The van der Waals surface area contributed by atoms with Gasteiger partial charge in [0.1, 0.15) is 11.3 Å². The van der Waals surface area contributed by atoms with Crippen LogP contribution >= 0.6 is 11.8 Å². The quantitative estimate of drug-likeness (QED) is 0.502. The molecule has 0 fully saturated rings. The van der Waals surface area contributed by atoms with Crippen LogP contribution in [0.15, 0.2) is 56.7 Å². The average molecular weight is 330 g/mol. The number of thioether (sulfide) groups is 1. The maximum absolute atomic E-state index is 11.8. The highest BCUT2D eigenvalue weighted by atomic mass is 32.2. The predicted octanol–water partition coefficient (Wildman–Crippen LogP) is 3.80. The molecule has 118 valence electrons. The molecule has 0 bridgehead atoms. The van der Waals surface area contributed by atoms with E-state index >= 15 is 0 Å². The topological polar surface area (TPSA) is 78.4 Å². The Bertz CT molecular complexity index is 782. The fourth-order valence-electron chi connectivity index (χ4n) is 1.94. The maximum Gasteiger partial charge on any atom is 0.341 e. The van der Waals surface area contributed by atoms with Crippen molar-refractivity contribution >= 4 is 17.7 Å². The lowest BCUT2D eigenvalue weighted by atomic mass is 10.2. The van der Waals surface area contributed by atoms with Crippen LogP contribution in [0.25, 0.3) is 11.5 Å². The lowest BCUT2D eigenvalue weighted by Gasteiger charge is -2.01. The van der Waals surface area contributed by atoms with Crippen molar-refractivity contribution in [1.82, 2.24) is 10.2 Å². The molecule has 0 aliphatic carbocycles. The lowest BCUT2D eigenvalue weighted by Crippen LogP contribution is -2.05. The SMILES string of the molecule is CCOC(=O)c1ccoc1CSc1nnc(-c2ccccc2)o1. The summed E-state index contributed by atoms with van der Waals surface area (Å²) < 4.78 is 15.9. The summed E-state index contributed by atoms with van der Waals surface area (Å²) in [5.74, 6) is 0.982. The molecule has 1 aromatic carbocycles. The Hall–Kier alpha value is -2.54. The third-order valence-corrected chi connectivity index (χ3v) is 3.81. The molecule has 6 nitrogen and oxygen atoms in total. The van der Waals surface area contributed by atoms with E-state index in [-0.39, 0.29) is 0 Å². The summed E-state index contributed by atoms with van der Waals surface area (Å²) in [7, 11) is 0. The van der Waals surface area contributed by atoms with Crippen LogP contribution in [0.3, 0.4) is 0 Å². The minimum absolute atomic E-state index is 0.320. The number of esters is 1. The first-order chi connectivity index (χ1) is 11.3. The fraction of sp³-hybridized carbons (Fsp3) is 0.188. The molecule has 2 heterocycles. The Balaban J connectivity index is 1.67. The number of benzene rings is 1. The minimum atomic E-state index is -0.396. The van der Waals surface area contributed by atoms with Gasteiger partial charge in [-0.3, -0.25) is 0 Å². The number of rotatable bonds is 6. The van der Waals surface area contributed by atoms with Crippen LogP contribution in [0, 0.1) is 0 Å². The van der Waals surface area contributed by atoms with Gasteiger partial charge in [0.2, 0.25) is 5.89 Å². The van der Waals surface area contributed by atoms with Crippen LogP contribution in [0.5, 0.6) is 0 Å². The van der Waals surface area contributed by atoms with E-state index in [0.717, 1.165) is 5.56 Å². The van der Waals surface area contributed by atoms with Crippen molar-refractivity contribution in [2.24, 2.45) is 0 Å². The van der Waals surface area contributed by atoms with E-state index in [2.05, 4.69) is 10.2 Å². The van der Waals surface area contributed by atoms with Gasteiger partial charge in [0.25, 0.3) is 5.22 Å². The highest BCUT2D eigenvalue weighted by molar-refractivity contribution is 7.98. The molecule has 0 saturated carbocycles. The summed E-state index contributed by atoms with van der Waals surface area (Å²) in [6.45, 7) is 2.08. The summed E-state index contributed by atoms with van der Waals surface area (Å²) >= 11 is 1.30. The second-order valence-corrected chi connectivity index (χ2v) is 5.43. The molecule has 0 N–H and O–H groups in total. The zero-order valence-electron chi connectivity index (χ0n) is 12.4. The number of hydrogen-bond donors (Lipinski definition) is 0. The van der Waals surface area contributed by atoms with Crippen LogP contribution < -0.4 is 0 Å². The summed E-state index contributed by atoms with van der Waals surface area (Å²) in [6.07, 6.45) is 1.46. The molecule has 0 unspecified atom stereocenters. The Morgan fingerprint density at radius 2 is 2.04 bits per heavy atom. The van der Waals surface area contributed by atoms with E-state index in [0.29, 0.717) is 34.8 Å². The molecular weight excluding hydrogens is 316 g/mol. The van der Waals surface area contributed by atoms with Gasteiger partial charge in [-0.05, 0) is 25.1 Å². The van der Waals surface area contributed by atoms with Gasteiger partial charge in [-0.2, -0.15) is 0 Å². The van der Waals surface area contributed by atoms with Gasteiger partial charge >= 0.3 is 5.97 Å². The summed E-state index contributed by atoms with van der Waals surface area (Å²) in [5, 5.41) is 8.42. The Morgan fingerprint density at radius 3 is 2.83 bits per heavy atom. The molecule has 0 amide bonds. The first-order valence-corrected chi connectivity index (χ1v) is 8.01. The normalized spacial score (nSPS) is 10.7. The number of carbonyl (C=O) groups excluding carboxylic acids is 1. The molecular formula is C16H14N2O4S. The standard InChI is InChI=1S/C16H14N2O4S/c1-2-20-15(19)12-8-9-21-13(12)10-23-16-18-17-14(22-16)11-6-4-3-5-7-11/h3-9H,2,10H2,1H3. The molecule has 0 aliphatic rings. The Kier molecular flexibility index (Phi) is 4.77. The first kappa shape index (κ1) is 15.4. The van der Waals surface area contributed by atoms with Crippen molar-refractivity contribution in [3.05, 3.63) is 54.0 Å². The van der Waals surface area contributed by atoms with E-state index in [9.17, 15) is 4.79 Å². The van der Waals surface area contributed by atoms with Crippen molar-refractivity contribution in [3.8, 4) is 11.5 Å². The van der Waals surface area contributed by atoms with Crippen molar-refractivity contribution in [3.63, 3.8) is 0 Å². The van der Waals surface area contributed by atoms with Crippen LogP contribution in [-0.4, -0.2) is 22.8 Å². The molecule has 0 saturated heterocycles. The average Bonchev–Trinajstić information content (AvgIpc) is 3.23. The predicted molar refractivity (Wildman–Crippen MR) is 84.0 cm³/mol. The van der Waals surface area contributed by atoms with Crippen molar-refractivity contribution in [1.29, 1.82) is 0 Å². The largest absolute Gasteiger partial charge is 0.468 e. The van der Waals surface area contributed by atoms with Gasteiger partial charge in [-0.25, -0.2) is 4.79 Å². The summed E-state index contributed by atoms with van der Waals surface area (Å²) in [5.41, 5.74) is 1.28. The van der Waals surface area contributed by atoms with Gasteiger partial charge in [0.05, 0.1) is 18.6 Å².